The number of nitro groups is 1. The first-order valence-electron chi connectivity index (χ1n) is 5.51. The van der Waals surface area contributed by atoms with Crippen LogP contribution in [0.2, 0.25) is 5.02 Å². The molecule has 0 fully saturated rings. The van der Waals surface area contributed by atoms with Crippen LogP contribution in [0.1, 0.15) is 13.3 Å². The predicted octanol–water partition coefficient (Wildman–Crippen LogP) is 3.23. The monoisotopic (exact) mass is 276 g/mol. The first-order valence-corrected chi connectivity index (χ1v) is 5.89. The minimum Gasteiger partial charge on any atom is -0.382 e. The molecule has 7 heteroatoms. The van der Waals surface area contributed by atoms with Crippen molar-refractivity contribution in [2.24, 2.45) is 0 Å². The fraction of sp³-hybridized carbons (Fsp3) is 0.455. The van der Waals surface area contributed by atoms with Crippen molar-refractivity contribution in [2.45, 2.75) is 13.3 Å². The van der Waals surface area contributed by atoms with Gasteiger partial charge in [0, 0.05) is 19.8 Å². The normalized spacial score (nSPS) is 10.4. The number of rotatable bonds is 7. The van der Waals surface area contributed by atoms with E-state index < -0.39 is 10.7 Å². The molecule has 18 heavy (non-hydrogen) atoms. The van der Waals surface area contributed by atoms with Gasteiger partial charge in [0.25, 0.3) is 5.69 Å². The summed E-state index contributed by atoms with van der Waals surface area (Å²) in [5.74, 6) is -0.803. The van der Waals surface area contributed by atoms with Crippen LogP contribution in [0, 0.1) is 15.9 Å². The van der Waals surface area contributed by atoms with Crippen LogP contribution in [0.3, 0.4) is 0 Å². The zero-order valence-electron chi connectivity index (χ0n) is 9.91. The van der Waals surface area contributed by atoms with Gasteiger partial charge in [-0.2, -0.15) is 0 Å². The predicted molar refractivity (Wildman–Crippen MR) is 67.7 cm³/mol. The molecular weight excluding hydrogens is 263 g/mol. The van der Waals surface area contributed by atoms with E-state index >= 15 is 0 Å². The van der Waals surface area contributed by atoms with E-state index in [4.69, 9.17) is 16.3 Å². The summed E-state index contributed by atoms with van der Waals surface area (Å²) in [5, 5.41) is 13.5. The summed E-state index contributed by atoms with van der Waals surface area (Å²) in [6.45, 7) is 3.57. The Hall–Kier alpha value is -1.40. The first kappa shape index (κ1) is 14.7. The van der Waals surface area contributed by atoms with E-state index in [-0.39, 0.29) is 16.4 Å². The smallest absolute Gasteiger partial charge is 0.295 e. The molecule has 5 nitrogen and oxygen atoms in total. The Morgan fingerprint density at radius 2 is 2.28 bits per heavy atom. The Morgan fingerprint density at radius 1 is 1.56 bits per heavy atom. The molecule has 1 aromatic rings. The molecule has 0 aliphatic heterocycles. The average Bonchev–Trinajstić information content (AvgIpc) is 2.32. The summed E-state index contributed by atoms with van der Waals surface area (Å²) in [7, 11) is 0. The lowest BCUT2D eigenvalue weighted by Gasteiger charge is -2.08. The lowest BCUT2D eigenvalue weighted by Crippen LogP contribution is -2.07. The van der Waals surface area contributed by atoms with Crippen molar-refractivity contribution in [1.82, 2.24) is 0 Å². The second-order valence-corrected chi connectivity index (χ2v) is 3.93. The van der Waals surface area contributed by atoms with E-state index in [1.165, 1.54) is 6.07 Å². The first-order chi connectivity index (χ1) is 8.56. The van der Waals surface area contributed by atoms with E-state index in [2.05, 4.69) is 5.32 Å². The highest BCUT2D eigenvalue weighted by atomic mass is 35.5. The molecule has 0 amide bonds. The number of nitrogens with one attached hydrogen (secondary N) is 1. The number of nitro benzene ring substituents is 1. The SMILES string of the molecule is CCOCCCNc1cc(Cl)c(F)cc1[N+](=O)[O-]. The van der Waals surface area contributed by atoms with Crippen LogP contribution < -0.4 is 5.32 Å². The minimum atomic E-state index is -0.803. The molecule has 0 saturated heterocycles. The summed E-state index contributed by atoms with van der Waals surface area (Å²) in [5.41, 5.74) is -0.115. The van der Waals surface area contributed by atoms with Crippen molar-refractivity contribution in [1.29, 1.82) is 0 Å². The molecule has 0 heterocycles. The van der Waals surface area contributed by atoms with Gasteiger partial charge < -0.3 is 10.1 Å². The molecule has 0 saturated carbocycles. The number of hydrogen-bond donors (Lipinski definition) is 1. The summed E-state index contributed by atoms with van der Waals surface area (Å²) in [6, 6.07) is 2.03. The Bertz CT molecular complexity index is 429. The van der Waals surface area contributed by atoms with Crippen molar-refractivity contribution in [3.8, 4) is 0 Å². The van der Waals surface area contributed by atoms with Crippen LogP contribution in [0.25, 0.3) is 0 Å². The van der Waals surface area contributed by atoms with Gasteiger partial charge in [-0.25, -0.2) is 4.39 Å². The van der Waals surface area contributed by atoms with Crippen molar-refractivity contribution < 1.29 is 14.1 Å². The van der Waals surface area contributed by atoms with Gasteiger partial charge in [0.05, 0.1) is 16.0 Å². The van der Waals surface area contributed by atoms with Crippen LogP contribution in [-0.2, 0) is 4.74 Å². The van der Waals surface area contributed by atoms with Gasteiger partial charge in [-0.3, -0.25) is 10.1 Å². The lowest BCUT2D eigenvalue weighted by atomic mass is 10.2. The van der Waals surface area contributed by atoms with Crippen LogP contribution in [0.4, 0.5) is 15.8 Å². The molecule has 0 atom stereocenters. The molecule has 0 bridgehead atoms. The summed E-state index contributed by atoms with van der Waals surface area (Å²) >= 11 is 5.59. The summed E-state index contributed by atoms with van der Waals surface area (Å²) in [4.78, 5) is 10.1. The molecule has 0 radical (unpaired) electrons. The second kappa shape index (κ2) is 7.13. The number of anilines is 1. The molecule has 100 valence electrons. The van der Waals surface area contributed by atoms with Crippen LogP contribution in [0.15, 0.2) is 12.1 Å². The molecule has 1 rings (SSSR count). The highest BCUT2D eigenvalue weighted by Crippen LogP contribution is 2.30. The highest BCUT2D eigenvalue weighted by molar-refractivity contribution is 6.31. The van der Waals surface area contributed by atoms with Crippen LogP contribution in [-0.4, -0.2) is 24.7 Å². The standard InChI is InChI=1S/C11H14ClFN2O3/c1-2-18-5-3-4-14-10-6-8(12)9(13)7-11(10)15(16)17/h6-7,14H,2-5H2,1H3. The van der Waals surface area contributed by atoms with Gasteiger partial charge in [0.15, 0.2) is 0 Å². The van der Waals surface area contributed by atoms with E-state index in [9.17, 15) is 14.5 Å². The van der Waals surface area contributed by atoms with E-state index in [1.54, 1.807) is 0 Å². The molecule has 0 spiro atoms. The molecule has 0 unspecified atom stereocenters. The van der Waals surface area contributed by atoms with E-state index in [0.29, 0.717) is 26.2 Å². The number of nitrogens with zero attached hydrogens (tertiary/aromatic N) is 1. The van der Waals surface area contributed by atoms with Gasteiger partial charge in [-0.1, -0.05) is 11.6 Å². The molecule has 0 aliphatic rings. The second-order valence-electron chi connectivity index (χ2n) is 3.52. The number of halogens is 2. The van der Waals surface area contributed by atoms with Gasteiger partial charge in [-0.05, 0) is 19.4 Å². The minimum absolute atomic E-state index is 0.145. The van der Waals surface area contributed by atoms with Gasteiger partial charge >= 0.3 is 0 Å². The zero-order valence-corrected chi connectivity index (χ0v) is 10.7. The fourth-order valence-corrected chi connectivity index (χ4v) is 1.53. The molecule has 0 aromatic heterocycles. The van der Waals surface area contributed by atoms with E-state index in [1.807, 2.05) is 6.92 Å². The molecular formula is C11H14ClFN2O3. The van der Waals surface area contributed by atoms with Crippen LogP contribution >= 0.6 is 11.6 Å². The summed E-state index contributed by atoms with van der Waals surface area (Å²) in [6.07, 6.45) is 0.694. The number of hydrogen-bond acceptors (Lipinski definition) is 4. The zero-order chi connectivity index (χ0) is 13.5. The highest BCUT2D eigenvalue weighted by Gasteiger charge is 2.17. The van der Waals surface area contributed by atoms with E-state index in [0.717, 1.165) is 6.07 Å². The van der Waals surface area contributed by atoms with Crippen LogP contribution in [0.5, 0.6) is 0 Å². The fourth-order valence-electron chi connectivity index (χ4n) is 1.37. The van der Waals surface area contributed by atoms with Gasteiger partial charge in [0.1, 0.15) is 11.5 Å². The van der Waals surface area contributed by atoms with Crippen molar-refractivity contribution in [3.63, 3.8) is 0 Å². The van der Waals surface area contributed by atoms with Gasteiger partial charge in [-0.15, -0.1) is 0 Å². The topological polar surface area (TPSA) is 64.4 Å². The molecule has 0 aliphatic carbocycles. The van der Waals surface area contributed by atoms with Crippen molar-refractivity contribution >= 4 is 23.0 Å². The van der Waals surface area contributed by atoms with Crippen molar-refractivity contribution in [3.05, 3.63) is 33.1 Å². The lowest BCUT2D eigenvalue weighted by molar-refractivity contribution is -0.384. The molecule has 1 aromatic carbocycles. The summed E-state index contributed by atoms with van der Waals surface area (Å²) < 4.78 is 18.3. The molecule has 1 N–H and O–H groups in total. The number of benzene rings is 1. The van der Waals surface area contributed by atoms with Gasteiger partial charge in [0.2, 0.25) is 0 Å². The maximum Gasteiger partial charge on any atom is 0.295 e. The maximum atomic E-state index is 13.1. The Balaban J connectivity index is 2.68. The average molecular weight is 277 g/mol. The third-order valence-corrected chi connectivity index (χ3v) is 2.51. The Labute approximate surface area is 109 Å². The third kappa shape index (κ3) is 4.12. The van der Waals surface area contributed by atoms with Crippen molar-refractivity contribution in [2.75, 3.05) is 25.1 Å². The quantitative estimate of drug-likeness (QED) is 0.472. The third-order valence-electron chi connectivity index (χ3n) is 2.22. The Kier molecular flexibility index (Phi) is 5.80. The maximum absolute atomic E-state index is 13.1. The number of ether oxygens (including phenoxy) is 1. The largest absolute Gasteiger partial charge is 0.382 e. The Morgan fingerprint density at radius 3 is 2.89 bits per heavy atom.